The zero-order valence-corrected chi connectivity index (χ0v) is 36.6. The first-order chi connectivity index (χ1) is 32.0. The molecule has 0 heterocycles. The van der Waals surface area contributed by atoms with Crippen LogP contribution in [-0.2, 0) is 10.8 Å². The van der Waals surface area contributed by atoms with E-state index < -0.39 is 0 Å². The van der Waals surface area contributed by atoms with Crippen LogP contribution in [0, 0.1) is 0 Å². The molecule has 0 spiro atoms. The number of rotatable bonds is 8. The summed E-state index contributed by atoms with van der Waals surface area (Å²) in [7, 11) is 0. The van der Waals surface area contributed by atoms with Crippen molar-refractivity contribution in [2.75, 3.05) is 4.90 Å². The molecule has 308 valence electrons. The number of hydrogen-bond acceptors (Lipinski definition) is 1. The van der Waals surface area contributed by atoms with Crippen LogP contribution in [0.25, 0.3) is 55.6 Å². The second-order valence-electron chi connectivity index (χ2n) is 17.9. The van der Waals surface area contributed by atoms with Gasteiger partial charge in [0.1, 0.15) is 0 Å². The standard InChI is InChI=1S/C64H47N/c1-63(50-23-11-5-12-24-50)59-29-17-15-27-55(59)57-37-35-53(42-61(57)63)65(54-36-38-58-56-28-16-18-30-60(56)64(2,62(58)43-54)51-25-13-6-14-26-51)52-33-31-46(32-34-52)49-40-47(44-19-7-3-8-20-44)39-48(41-49)45-21-9-4-10-22-45/h3-43H,1-2H3. The van der Waals surface area contributed by atoms with Crippen LogP contribution in [0.5, 0.6) is 0 Å². The molecule has 0 N–H and O–H groups in total. The van der Waals surface area contributed by atoms with E-state index in [1.54, 1.807) is 0 Å². The molecule has 1 nitrogen and oxygen atoms in total. The Morgan fingerprint density at radius 1 is 0.246 bits per heavy atom. The fourth-order valence-electron chi connectivity index (χ4n) is 11.0. The van der Waals surface area contributed by atoms with Gasteiger partial charge < -0.3 is 4.90 Å². The third kappa shape index (κ3) is 6.22. The number of nitrogens with zero attached hydrogens (tertiary/aromatic N) is 1. The van der Waals surface area contributed by atoms with Crippen molar-refractivity contribution in [3.05, 3.63) is 282 Å². The molecule has 12 rings (SSSR count). The van der Waals surface area contributed by atoms with Gasteiger partial charge in [-0.15, -0.1) is 0 Å². The maximum atomic E-state index is 2.48. The minimum absolute atomic E-state index is 0.329. The first-order valence-electron chi connectivity index (χ1n) is 22.7. The molecular formula is C64H47N. The number of anilines is 3. The molecular weight excluding hydrogens is 783 g/mol. The van der Waals surface area contributed by atoms with E-state index in [9.17, 15) is 0 Å². The lowest BCUT2D eigenvalue weighted by Crippen LogP contribution is -2.23. The molecule has 0 aliphatic heterocycles. The monoisotopic (exact) mass is 829 g/mol. The predicted octanol–water partition coefficient (Wildman–Crippen LogP) is 16.8. The number of fused-ring (bicyclic) bond motifs is 6. The summed E-state index contributed by atoms with van der Waals surface area (Å²) in [5.41, 5.74) is 23.0. The van der Waals surface area contributed by atoms with E-state index in [4.69, 9.17) is 0 Å². The zero-order valence-electron chi connectivity index (χ0n) is 36.6. The minimum Gasteiger partial charge on any atom is -0.310 e. The molecule has 1 heteroatoms. The normalized spacial score (nSPS) is 16.6. The largest absolute Gasteiger partial charge is 0.310 e. The molecule has 0 saturated heterocycles. The Morgan fingerprint density at radius 2 is 0.569 bits per heavy atom. The van der Waals surface area contributed by atoms with Crippen molar-refractivity contribution >= 4 is 17.1 Å². The van der Waals surface area contributed by atoms with Crippen LogP contribution in [0.3, 0.4) is 0 Å². The number of benzene rings is 10. The highest BCUT2D eigenvalue weighted by molar-refractivity contribution is 5.91. The van der Waals surface area contributed by atoms with Crippen molar-refractivity contribution in [2.24, 2.45) is 0 Å². The van der Waals surface area contributed by atoms with E-state index in [-0.39, 0.29) is 10.8 Å². The summed E-state index contributed by atoms with van der Waals surface area (Å²) < 4.78 is 0. The van der Waals surface area contributed by atoms with E-state index in [2.05, 4.69) is 267 Å². The van der Waals surface area contributed by atoms with Crippen molar-refractivity contribution in [1.82, 2.24) is 0 Å². The average Bonchev–Trinajstić information content (AvgIpc) is 3.80. The van der Waals surface area contributed by atoms with Crippen molar-refractivity contribution in [3.63, 3.8) is 0 Å². The first kappa shape index (κ1) is 38.7. The average molecular weight is 830 g/mol. The summed E-state index contributed by atoms with van der Waals surface area (Å²) in [5.74, 6) is 0. The quantitative estimate of drug-likeness (QED) is 0.147. The van der Waals surface area contributed by atoms with Crippen LogP contribution in [0.1, 0.15) is 47.2 Å². The highest BCUT2D eigenvalue weighted by Gasteiger charge is 2.43. The first-order valence-corrected chi connectivity index (χ1v) is 22.7. The van der Waals surface area contributed by atoms with E-state index in [0.29, 0.717) is 0 Å². The highest BCUT2D eigenvalue weighted by atomic mass is 15.1. The van der Waals surface area contributed by atoms with E-state index >= 15 is 0 Å². The lowest BCUT2D eigenvalue weighted by molar-refractivity contribution is 0.713. The van der Waals surface area contributed by atoms with E-state index in [1.807, 2.05) is 0 Å². The molecule has 2 atom stereocenters. The van der Waals surface area contributed by atoms with Crippen molar-refractivity contribution in [2.45, 2.75) is 24.7 Å². The molecule has 2 aliphatic rings. The molecule has 0 saturated carbocycles. The molecule has 0 radical (unpaired) electrons. The van der Waals surface area contributed by atoms with Crippen molar-refractivity contribution in [1.29, 1.82) is 0 Å². The molecule has 2 aliphatic carbocycles. The van der Waals surface area contributed by atoms with Gasteiger partial charge in [-0.05, 0) is 157 Å². The second kappa shape index (κ2) is 15.4. The smallest absolute Gasteiger partial charge is 0.0465 e. The van der Waals surface area contributed by atoms with Gasteiger partial charge >= 0.3 is 0 Å². The van der Waals surface area contributed by atoms with Gasteiger partial charge in [0.05, 0.1) is 0 Å². The van der Waals surface area contributed by atoms with Gasteiger partial charge in [0.15, 0.2) is 0 Å². The van der Waals surface area contributed by atoms with Crippen molar-refractivity contribution in [3.8, 4) is 55.6 Å². The third-order valence-corrected chi connectivity index (χ3v) is 14.4. The molecule has 0 bridgehead atoms. The van der Waals surface area contributed by atoms with Crippen LogP contribution in [0.4, 0.5) is 17.1 Å². The second-order valence-corrected chi connectivity index (χ2v) is 17.9. The summed E-state index contributed by atoms with van der Waals surface area (Å²) in [6.45, 7) is 4.81. The van der Waals surface area contributed by atoms with Gasteiger partial charge in [0.2, 0.25) is 0 Å². The molecule has 0 amide bonds. The summed E-state index contributed by atoms with van der Waals surface area (Å²) in [5, 5.41) is 0. The Labute approximate surface area is 382 Å². The Kier molecular flexibility index (Phi) is 9.14. The predicted molar refractivity (Wildman–Crippen MR) is 272 cm³/mol. The number of hydrogen-bond donors (Lipinski definition) is 0. The van der Waals surface area contributed by atoms with Gasteiger partial charge in [0, 0.05) is 27.9 Å². The molecule has 10 aromatic rings. The fourth-order valence-corrected chi connectivity index (χ4v) is 11.0. The van der Waals surface area contributed by atoms with Gasteiger partial charge in [-0.2, -0.15) is 0 Å². The third-order valence-electron chi connectivity index (χ3n) is 14.4. The van der Waals surface area contributed by atoms with Gasteiger partial charge in [-0.3, -0.25) is 0 Å². The van der Waals surface area contributed by atoms with E-state index in [0.717, 1.165) is 17.1 Å². The fraction of sp³-hybridized carbons (Fsp3) is 0.0625. The van der Waals surface area contributed by atoms with Crippen LogP contribution >= 0.6 is 0 Å². The SMILES string of the molecule is CC1(c2ccccc2)c2ccccc2-c2ccc(N(c3ccc(-c4cc(-c5ccccc5)cc(-c5ccccc5)c4)cc3)c3ccc4c(c3)C(C)(c3ccccc3)c3ccccc3-4)cc21. The van der Waals surface area contributed by atoms with Gasteiger partial charge in [-0.1, -0.05) is 194 Å². The van der Waals surface area contributed by atoms with Gasteiger partial charge in [0.25, 0.3) is 0 Å². The summed E-state index contributed by atoms with van der Waals surface area (Å²) in [6, 6.07) is 91.9. The minimum atomic E-state index is -0.329. The van der Waals surface area contributed by atoms with Crippen molar-refractivity contribution < 1.29 is 0 Å². The molecule has 0 aromatic heterocycles. The topological polar surface area (TPSA) is 3.24 Å². The van der Waals surface area contributed by atoms with Gasteiger partial charge in [-0.25, -0.2) is 0 Å². The lowest BCUT2D eigenvalue weighted by atomic mass is 9.74. The van der Waals surface area contributed by atoms with Crippen LogP contribution < -0.4 is 4.90 Å². The molecule has 2 unspecified atom stereocenters. The highest BCUT2D eigenvalue weighted by Crippen LogP contribution is 2.56. The molecule has 0 fully saturated rings. The molecule has 65 heavy (non-hydrogen) atoms. The molecule has 10 aromatic carbocycles. The Morgan fingerprint density at radius 3 is 0.985 bits per heavy atom. The van der Waals surface area contributed by atoms with Crippen LogP contribution in [-0.4, -0.2) is 0 Å². The maximum Gasteiger partial charge on any atom is 0.0465 e. The van der Waals surface area contributed by atoms with Crippen LogP contribution in [0.2, 0.25) is 0 Å². The van der Waals surface area contributed by atoms with E-state index in [1.165, 1.54) is 89.0 Å². The Hall–Kier alpha value is -8.00. The summed E-state index contributed by atoms with van der Waals surface area (Å²) in [6.07, 6.45) is 0. The Bertz CT molecular complexity index is 3170. The summed E-state index contributed by atoms with van der Waals surface area (Å²) in [4.78, 5) is 2.48. The van der Waals surface area contributed by atoms with Crippen LogP contribution in [0.15, 0.2) is 249 Å². The Balaban J connectivity index is 1.04. The zero-order chi connectivity index (χ0) is 43.5. The summed E-state index contributed by atoms with van der Waals surface area (Å²) >= 11 is 0. The lowest BCUT2D eigenvalue weighted by Gasteiger charge is -2.32. The maximum absolute atomic E-state index is 2.48.